The number of nitrogens with one attached hydrogen (secondary N) is 1. The normalized spacial score (nSPS) is 11.4. The van der Waals surface area contributed by atoms with Crippen LogP contribution in [-0.4, -0.2) is 36.4 Å². The molecule has 0 heterocycles. The Balaban J connectivity index is 2.21. The maximum absolute atomic E-state index is 11.6. The lowest BCUT2D eigenvalue weighted by molar-refractivity contribution is -0.145. The fourth-order valence-corrected chi connectivity index (χ4v) is 1.71. The minimum Gasteiger partial charge on any atom is -0.465 e. The van der Waals surface area contributed by atoms with E-state index >= 15 is 0 Å². The number of amides is 1. The van der Waals surface area contributed by atoms with E-state index in [4.69, 9.17) is 16.3 Å². The van der Waals surface area contributed by atoms with E-state index < -0.39 is 23.2 Å². The molecule has 0 fully saturated rings. The number of ketones is 1. The molecule has 0 bridgehead atoms. The summed E-state index contributed by atoms with van der Waals surface area (Å²) in [6.07, 6.45) is -0.716. The Kier molecular flexibility index (Phi) is 7.99. The van der Waals surface area contributed by atoms with Gasteiger partial charge in [-0.25, -0.2) is 9.59 Å². The summed E-state index contributed by atoms with van der Waals surface area (Å²) >= 11 is 5.65. The van der Waals surface area contributed by atoms with Gasteiger partial charge in [-0.3, -0.25) is 4.79 Å². The van der Waals surface area contributed by atoms with Gasteiger partial charge in [0.1, 0.15) is 6.61 Å². The van der Waals surface area contributed by atoms with E-state index in [9.17, 15) is 14.4 Å². The highest BCUT2D eigenvalue weighted by atomic mass is 35.5. The van der Waals surface area contributed by atoms with E-state index in [2.05, 4.69) is 10.1 Å². The second-order valence-electron chi connectivity index (χ2n) is 4.32. The van der Waals surface area contributed by atoms with Crippen LogP contribution in [0.5, 0.6) is 0 Å². The van der Waals surface area contributed by atoms with E-state index in [1.54, 1.807) is 6.92 Å². The maximum Gasteiger partial charge on any atom is 0.407 e. The van der Waals surface area contributed by atoms with Crippen LogP contribution in [0.4, 0.5) is 4.79 Å². The van der Waals surface area contributed by atoms with Gasteiger partial charge in [-0.2, -0.15) is 0 Å². The van der Waals surface area contributed by atoms with Gasteiger partial charge < -0.3 is 14.8 Å². The number of benzene rings is 1. The Bertz CT molecular complexity index is 506. The van der Waals surface area contributed by atoms with Crippen LogP contribution in [-0.2, 0) is 25.7 Å². The molecule has 1 amide bonds. The number of carbonyl (C=O) groups excluding carboxylic acids is 3. The molecule has 1 rings (SSSR count). The zero-order valence-electron chi connectivity index (χ0n) is 12.2. The first-order valence-electron chi connectivity index (χ1n) is 6.82. The number of alkyl halides is 1. The predicted molar refractivity (Wildman–Crippen MR) is 80.5 cm³/mol. The maximum atomic E-state index is 11.6. The van der Waals surface area contributed by atoms with E-state index in [1.165, 1.54) is 0 Å². The smallest absolute Gasteiger partial charge is 0.407 e. The number of alkyl carbamates (subject to hydrolysis) is 1. The molecular formula is C15H18ClNO5. The molecule has 0 aromatic heterocycles. The van der Waals surface area contributed by atoms with Crippen LogP contribution in [0, 0.1) is 0 Å². The number of rotatable bonds is 8. The zero-order chi connectivity index (χ0) is 16.4. The van der Waals surface area contributed by atoms with Crippen molar-refractivity contribution in [2.75, 3.05) is 13.2 Å². The number of Topliss-reactive ketones (excluding diaryl/α,β-unsaturated/α-hetero) is 1. The van der Waals surface area contributed by atoms with Crippen molar-refractivity contribution in [3.8, 4) is 0 Å². The molecule has 0 radical (unpaired) electrons. The second kappa shape index (κ2) is 9.78. The van der Waals surface area contributed by atoms with Gasteiger partial charge in [-0.1, -0.05) is 30.3 Å². The van der Waals surface area contributed by atoms with Crippen LogP contribution in [0.25, 0.3) is 0 Å². The van der Waals surface area contributed by atoms with E-state index in [1.807, 2.05) is 30.3 Å². The fraction of sp³-hybridized carbons (Fsp3) is 0.400. The Morgan fingerprint density at radius 3 is 2.50 bits per heavy atom. The summed E-state index contributed by atoms with van der Waals surface area (Å²) in [6.45, 7) is 1.95. The molecule has 1 aromatic rings. The predicted octanol–water partition coefficient (Wildman–Crippen LogP) is 2.04. The van der Waals surface area contributed by atoms with Crippen LogP contribution in [0.3, 0.4) is 0 Å². The van der Waals surface area contributed by atoms with E-state index in [-0.39, 0.29) is 26.2 Å². The number of esters is 1. The Labute approximate surface area is 133 Å². The van der Waals surface area contributed by atoms with Crippen LogP contribution in [0.1, 0.15) is 18.9 Å². The molecule has 0 saturated carbocycles. The van der Waals surface area contributed by atoms with Gasteiger partial charge in [0, 0.05) is 13.0 Å². The number of carbonyl (C=O) groups is 3. The topological polar surface area (TPSA) is 81.7 Å². The van der Waals surface area contributed by atoms with Gasteiger partial charge in [-0.15, -0.1) is 11.6 Å². The molecule has 0 saturated heterocycles. The molecule has 0 aliphatic heterocycles. The summed E-state index contributed by atoms with van der Waals surface area (Å²) in [5, 5.41) is 1.07. The zero-order valence-corrected chi connectivity index (χ0v) is 13.0. The fourth-order valence-electron chi connectivity index (χ4n) is 1.54. The van der Waals surface area contributed by atoms with Gasteiger partial charge in [0.25, 0.3) is 0 Å². The standard InChI is InChI=1S/C15H18ClNO5/c1-2-21-14(19)13(16)12(18)8-9-17-15(20)22-10-11-6-4-3-5-7-11/h3-7,13H,2,8-10H2,1H3,(H,17,20). The minimum absolute atomic E-state index is 0.0368. The quantitative estimate of drug-likeness (QED) is 0.449. The molecule has 22 heavy (non-hydrogen) atoms. The highest BCUT2D eigenvalue weighted by molar-refractivity contribution is 6.41. The van der Waals surface area contributed by atoms with Crippen molar-refractivity contribution in [3.05, 3.63) is 35.9 Å². The van der Waals surface area contributed by atoms with Gasteiger partial charge in [0.05, 0.1) is 6.61 Å². The third-order valence-electron chi connectivity index (χ3n) is 2.63. The molecule has 1 atom stereocenters. The lowest BCUT2D eigenvalue weighted by Gasteiger charge is -2.09. The van der Waals surface area contributed by atoms with E-state index in [0.29, 0.717) is 0 Å². The molecule has 1 N–H and O–H groups in total. The van der Waals surface area contributed by atoms with Gasteiger partial charge in [-0.05, 0) is 12.5 Å². The third-order valence-corrected chi connectivity index (χ3v) is 3.05. The second-order valence-corrected chi connectivity index (χ2v) is 4.76. The summed E-state index contributed by atoms with van der Waals surface area (Å²) in [6, 6.07) is 9.19. The van der Waals surface area contributed by atoms with Crippen LogP contribution >= 0.6 is 11.6 Å². The van der Waals surface area contributed by atoms with Crippen molar-refractivity contribution < 1.29 is 23.9 Å². The van der Waals surface area contributed by atoms with Crippen molar-refractivity contribution in [2.24, 2.45) is 0 Å². The molecule has 0 aliphatic carbocycles. The average Bonchev–Trinajstić information content (AvgIpc) is 2.53. The van der Waals surface area contributed by atoms with Gasteiger partial charge >= 0.3 is 12.1 Å². The SMILES string of the molecule is CCOC(=O)C(Cl)C(=O)CCNC(=O)OCc1ccccc1. The number of hydrogen-bond acceptors (Lipinski definition) is 5. The average molecular weight is 328 g/mol. The lowest BCUT2D eigenvalue weighted by atomic mass is 10.2. The molecule has 1 unspecified atom stereocenters. The summed E-state index contributed by atoms with van der Waals surface area (Å²) in [4.78, 5) is 34.3. The van der Waals surface area contributed by atoms with Crippen molar-refractivity contribution in [2.45, 2.75) is 25.3 Å². The first kappa shape index (κ1) is 18.0. The van der Waals surface area contributed by atoms with Crippen LogP contribution < -0.4 is 5.32 Å². The third kappa shape index (κ3) is 6.58. The summed E-state index contributed by atoms with van der Waals surface area (Å²) < 4.78 is 9.61. The monoisotopic (exact) mass is 327 g/mol. The number of hydrogen-bond donors (Lipinski definition) is 1. The number of halogens is 1. The van der Waals surface area contributed by atoms with Gasteiger partial charge in [0.2, 0.25) is 0 Å². The number of ether oxygens (including phenoxy) is 2. The Morgan fingerprint density at radius 2 is 1.86 bits per heavy atom. The lowest BCUT2D eigenvalue weighted by Crippen LogP contribution is -2.32. The van der Waals surface area contributed by atoms with Crippen molar-refractivity contribution in [1.29, 1.82) is 0 Å². The van der Waals surface area contributed by atoms with Crippen molar-refractivity contribution in [1.82, 2.24) is 5.32 Å². The Morgan fingerprint density at radius 1 is 1.18 bits per heavy atom. The van der Waals surface area contributed by atoms with Crippen LogP contribution in [0.15, 0.2) is 30.3 Å². The van der Waals surface area contributed by atoms with E-state index in [0.717, 1.165) is 5.56 Å². The molecule has 6 nitrogen and oxygen atoms in total. The Hall–Kier alpha value is -2.08. The minimum atomic E-state index is -1.35. The molecule has 120 valence electrons. The molecule has 1 aromatic carbocycles. The molecule has 7 heteroatoms. The highest BCUT2D eigenvalue weighted by Gasteiger charge is 2.24. The largest absolute Gasteiger partial charge is 0.465 e. The van der Waals surface area contributed by atoms with Crippen LogP contribution in [0.2, 0.25) is 0 Å². The summed E-state index contributed by atoms with van der Waals surface area (Å²) in [7, 11) is 0. The summed E-state index contributed by atoms with van der Waals surface area (Å²) in [5.41, 5.74) is 0.858. The first-order chi connectivity index (χ1) is 10.5. The van der Waals surface area contributed by atoms with Gasteiger partial charge in [0.15, 0.2) is 11.2 Å². The van der Waals surface area contributed by atoms with Crippen molar-refractivity contribution >= 4 is 29.4 Å². The van der Waals surface area contributed by atoms with Crippen molar-refractivity contribution in [3.63, 3.8) is 0 Å². The highest BCUT2D eigenvalue weighted by Crippen LogP contribution is 2.04. The molecule has 0 spiro atoms. The first-order valence-corrected chi connectivity index (χ1v) is 7.26. The molecule has 0 aliphatic rings. The summed E-state index contributed by atoms with van der Waals surface area (Å²) in [5.74, 6) is -1.29. The molecular weight excluding hydrogens is 310 g/mol.